The molecule has 0 bridgehead atoms. The summed E-state index contributed by atoms with van der Waals surface area (Å²) in [6, 6.07) is 18.1. The highest BCUT2D eigenvalue weighted by Crippen LogP contribution is 2.20. The van der Waals surface area contributed by atoms with Crippen molar-refractivity contribution in [3.05, 3.63) is 75.9 Å². The molecule has 1 heterocycles. The van der Waals surface area contributed by atoms with Crippen LogP contribution in [0.4, 0.5) is 5.82 Å². The number of aromatic nitrogens is 2. The van der Waals surface area contributed by atoms with Gasteiger partial charge in [0.1, 0.15) is 0 Å². The average Bonchev–Trinajstić information content (AvgIpc) is 2.60. The Hall–Kier alpha value is -2.53. The summed E-state index contributed by atoms with van der Waals surface area (Å²) in [4.78, 5) is 9.08. The van der Waals surface area contributed by atoms with Crippen LogP contribution in [0.5, 0.6) is 0 Å². The van der Waals surface area contributed by atoms with Gasteiger partial charge in [0.2, 0.25) is 0 Å². The molecule has 0 fully saturated rings. The Morgan fingerprint density at radius 1 is 0.960 bits per heavy atom. The van der Waals surface area contributed by atoms with Crippen molar-refractivity contribution in [1.29, 1.82) is 0 Å². The maximum atomic E-state index is 4.57. The van der Waals surface area contributed by atoms with Crippen molar-refractivity contribution in [2.45, 2.75) is 20.8 Å². The normalized spacial score (nSPS) is 11.4. The molecule has 25 heavy (non-hydrogen) atoms. The van der Waals surface area contributed by atoms with Gasteiger partial charge in [0, 0.05) is 21.8 Å². The highest BCUT2D eigenvalue weighted by atomic mass is 79.9. The molecule has 3 aromatic rings. The first kappa shape index (κ1) is 17.3. The molecule has 0 saturated heterocycles. The van der Waals surface area contributed by atoms with Gasteiger partial charge in [0.15, 0.2) is 11.6 Å². The Bertz CT molecular complexity index is 900. The van der Waals surface area contributed by atoms with E-state index in [1.54, 1.807) is 0 Å². The fourth-order valence-corrected chi connectivity index (χ4v) is 2.62. The summed E-state index contributed by atoms with van der Waals surface area (Å²) in [6.45, 7) is 5.99. The first-order chi connectivity index (χ1) is 12.0. The van der Waals surface area contributed by atoms with Crippen LogP contribution in [0.2, 0.25) is 0 Å². The number of aryl methyl sites for hydroxylation is 2. The van der Waals surface area contributed by atoms with Gasteiger partial charge in [-0.2, -0.15) is 5.10 Å². The summed E-state index contributed by atoms with van der Waals surface area (Å²) in [5.74, 6) is 1.36. The lowest BCUT2D eigenvalue weighted by Gasteiger charge is -2.07. The van der Waals surface area contributed by atoms with E-state index in [4.69, 9.17) is 0 Å². The van der Waals surface area contributed by atoms with Crippen LogP contribution in [0.25, 0.3) is 11.4 Å². The molecule has 0 aliphatic heterocycles. The number of nitrogens with one attached hydrogen (secondary N) is 1. The van der Waals surface area contributed by atoms with E-state index >= 15 is 0 Å². The molecule has 1 aromatic heterocycles. The smallest absolute Gasteiger partial charge is 0.161 e. The zero-order valence-corrected chi connectivity index (χ0v) is 16.0. The van der Waals surface area contributed by atoms with E-state index in [0.29, 0.717) is 11.6 Å². The largest absolute Gasteiger partial charge is 0.261 e. The summed E-state index contributed by atoms with van der Waals surface area (Å²) < 4.78 is 1.03. The van der Waals surface area contributed by atoms with Crippen molar-refractivity contribution in [2.24, 2.45) is 5.10 Å². The zero-order valence-electron chi connectivity index (χ0n) is 14.4. The van der Waals surface area contributed by atoms with E-state index < -0.39 is 0 Å². The monoisotopic (exact) mass is 394 g/mol. The van der Waals surface area contributed by atoms with E-state index in [1.807, 2.05) is 44.2 Å². The summed E-state index contributed by atoms with van der Waals surface area (Å²) in [5, 5.41) is 4.45. The lowest BCUT2D eigenvalue weighted by atomic mass is 10.1. The molecule has 2 aromatic carbocycles. The van der Waals surface area contributed by atoms with Crippen LogP contribution >= 0.6 is 15.9 Å². The minimum Gasteiger partial charge on any atom is -0.261 e. The van der Waals surface area contributed by atoms with Gasteiger partial charge in [-0.15, -0.1) is 0 Å². The van der Waals surface area contributed by atoms with Gasteiger partial charge in [-0.05, 0) is 38.5 Å². The van der Waals surface area contributed by atoms with Crippen LogP contribution in [0.1, 0.15) is 23.7 Å². The molecular weight excluding hydrogens is 376 g/mol. The van der Waals surface area contributed by atoms with Crippen molar-refractivity contribution < 1.29 is 0 Å². The van der Waals surface area contributed by atoms with E-state index in [1.165, 1.54) is 5.56 Å². The predicted molar refractivity (Wildman–Crippen MR) is 107 cm³/mol. The first-order valence-corrected chi connectivity index (χ1v) is 8.79. The Morgan fingerprint density at radius 2 is 1.64 bits per heavy atom. The van der Waals surface area contributed by atoms with Crippen LogP contribution < -0.4 is 5.43 Å². The third-order valence-corrected chi connectivity index (χ3v) is 4.29. The Kier molecular flexibility index (Phi) is 5.24. The highest BCUT2D eigenvalue weighted by Gasteiger charge is 2.05. The SMILES string of the molecule is C/C(=N/Nc1cc(C)nc(-c2ccc(Br)cc2)n1)c1ccc(C)cc1. The molecule has 0 saturated carbocycles. The number of hydrogen-bond donors (Lipinski definition) is 1. The van der Waals surface area contributed by atoms with E-state index in [0.717, 1.165) is 27.0 Å². The molecule has 0 aliphatic rings. The Morgan fingerprint density at radius 3 is 2.32 bits per heavy atom. The van der Waals surface area contributed by atoms with Crippen molar-refractivity contribution >= 4 is 27.5 Å². The molecule has 4 nitrogen and oxygen atoms in total. The summed E-state index contributed by atoms with van der Waals surface area (Å²) >= 11 is 3.44. The third-order valence-electron chi connectivity index (χ3n) is 3.76. The van der Waals surface area contributed by atoms with Crippen molar-refractivity contribution in [3.63, 3.8) is 0 Å². The predicted octanol–water partition coefficient (Wildman–Crippen LogP) is 5.36. The van der Waals surface area contributed by atoms with Gasteiger partial charge >= 0.3 is 0 Å². The molecule has 0 atom stereocenters. The Balaban J connectivity index is 1.84. The van der Waals surface area contributed by atoms with Gasteiger partial charge < -0.3 is 0 Å². The topological polar surface area (TPSA) is 50.2 Å². The minimum absolute atomic E-state index is 0.678. The van der Waals surface area contributed by atoms with Crippen LogP contribution in [-0.4, -0.2) is 15.7 Å². The summed E-state index contributed by atoms with van der Waals surface area (Å²) in [7, 11) is 0. The molecule has 1 N–H and O–H groups in total. The lowest BCUT2D eigenvalue weighted by Crippen LogP contribution is -2.03. The first-order valence-electron chi connectivity index (χ1n) is 8.00. The number of nitrogens with zero attached hydrogens (tertiary/aromatic N) is 3. The second-order valence-electron chi connectivity index (χ2n) is 5.90. The molecule has 0 radical (unpaired) electrons. The second-order valence-corrected chi connectivity index (χ2v) is 6.82. The van der Waals surface area contributed by atoms with Crippen LogP contribution in [0.3, 0.4) is 0 Å². The number of halogens is 1. The van der Waals surface area contributed by atoms with Crippen molar-refractivity contribution in [2.75, 3.05) is 5.43 Å². The second kappa shape index (κ2) is 7.57. The van der Waals surface area contributed by atoms with Gasteiger partial charge in [-0.1, -0.05) is 57.9 Å². The summed E-state index contributed by atoms with van der Waals surface area (Å²) in [5.41, 5.74) is 8.12. The summed E-state index contributed by atoms with van der Waals surface area (Å²) in [6.07, 6.45) is 0. The van der Waals surface area contributed by atoms with Gasteiger partial charge in [-0.3, -0.25) is 5.43 Å². The fourth-order valence-electron chi connectivity index (χ4n) is 2.35. The standard InChI is InChI=1S/C20H19BrN4/c1-13-4-6-16(7-5-13)15(3)24-25-19-12-14(2)22-20(23-19)17-8-10-18(21)11-9-17/h4-12H,1-3H3,(H,22,23,25)/b24-15-. The highest BCUT2D eigenvalue weighted by molar-refractivity contribution is 9.10. The van der Waals surface area contributed by atoms with Crippen LogP contribution in [-0.2, 0) is 0 Å². The quantitative estimate of drug-likeness (QED) is 0.478. The molecular formula is C20H19BrN4. The van der Waals surface area contributed by atoms with Gasteiger partial charge in [0.25, 0.3) is 0 Å². The van der Waals surface area contributed by atoms with Gasteiger partial charge in [0.05, 0.1) is 5.71 Å². The number of hydrogen-bond acceptors (Lipinski definition) is 4. The molecule has 5 heteroatoms. The maximum absolute atomic E-state index is 4.57. The number of rotatable bonds is 4. The lowest BCUT2D eigenvalue weighted by molar-refractivity contribution is 1.09. The van der Waals surface area contributed by atoms with Crippen LogP contribution in [0.15, 0.2) is 64.2 Å². The molecule has 0 amide bonds. The third kappa shape index (κ3) is 4.51. The van der Waals surface area contributed by atoms with Crippen molar-refractivity contribution in [1.82, 2.24) is 9.97 Å². The molecule has 0 aliphatic carbocycles. The average molecular weight is 395 g/mol. The Labute approximate surface area is 156 Å². The van der Waals surface area contributed by atoms with E-state index in [-0.39, 0.29) is 0 Å². The van der Waals surface area contributed by atoms with Crippen molar-refractivity contribution in [3.8, 4) is 11.4 Å². The molecule has 3 rings (SSSR count). The maximum Gasteiger partial charge on any atom is 0.161 e. The number of anilines is 1. The fraction of sp³-hybridized carbons (Fsp3) is 0.150. The van der Waals surface area contributed by atoms with Gasteiger partial charge in [-0.25, -0.2) is 9.97 Å². The number of hydrazone groups is 1. The van der Waals surface area contributed by atoms with E-state index in [9.17, 15) is 0 Å². The molecule has 0 spiro atoms. The molecule has 126 valence electrons. The van der Waals surface area contributed by atoms with E-state index in [2.05, 4.69) is 67.6 Å². The molecule has 0 unspecified atom stereocenters. The zero-order chi connectivity index (χ0) is 17.8. The minimum atomic E-state index is 0.678. The number of benzene rings is 2. The van der Waals surface area contributed by atoms with Crippen LogP contribution in [0, 0.1) is 13.8 Å².